The number of nitrogens with one attached hydrogen (secondary N) is 2. The lowest BCUT2D eigenvalue weighted by molar-refractivity contribution is 0.579. The van der Waals surface area contributed by atoms with Crippen LogP contribution in [0.3, 0.4) is 0 Å². The number of H-pyrrole nitrogens is 1. The predicted octanol–water partition coefficient (Wildman–Crippen LogP) is 1.62. The highest BCUT2D eigenvalue weighted by molar-refractivity contribution is 5.52. The molecule has 1 saturated heterocycles. The zero-order valence-corrected chi connectivity index (χ0v) is 9.69. The molecule has 0 spiro atoms. The maximum atomic E-state index is 4.47. The summed E-state index contributed by atoms with van der Waals surface area (Å²) in [5, 5.41) is 10.2. The number of aromatic amines is 1. The van der Waals surface area contributed by atoms with Crippen LogP contribution in [0.2, 0.25) is 0 Å². The van der Waals surface area contributed by atoms with Gasteiger partial charge in [-0.25, -0.2) is 0 Å². The van der Waals surface area contributed by atoms with Crippen LogP contribution in [0.4, 0.5) is 0 Å². The SMILES string of the molecule is c1cc(-c2ccc(CC3CCNC3)cn2)[nH]n1. The molecular weight excluding hydrogens is 212 g/mol. The monoisotopic (exact) mass is 228 g/mol. The number of nitrogens with zero attached hydrogens (tertiary/aromatic N) is 2. The van der Waals surface area contributed by atoms with E-state index < -0.39 is 0 Å². The molecule has 88 valence electrons. The van der Waals surface area contributed by atoms with E-state index in [1.807, 2.05) is 12.3 Å². The fourth-order valence-electron chi connectivity index (χ4n) is 2.33. The zero-order chi connectivity index (χ0) is 11.5. The van der Waals surface area contributed by atoms with E-state index in [2.05, 4.69) is 32.6 Å². The Morgan fingerprint density at radius 3 is 2.94 bits per heavy atom. The maximum absolute atomic E-state index is 4.47. The molecule has 1 fully saturated rings. The summed E-state index contributed by atoms with van der Waals surface area (Å²) in [4.78, 5) is 4.47. The van der Waals surface area contributed by atoms with Crippen molar-refractivity contribution in [2.24, 2.45) is 5.92 Å². The summed E-state index contributed by atoms with van der Waals surface area (Å²) in [7, 11) is 0. The van der Waals surface area contributed by atoms with Crippen molar-refractivity contribution in [1.29, 1.82) is 0 Å². The fraction of sp³-hybridized carbons (Fsp3) is 0.385. The molecule has 0 bridgehead atoms. The molecule has 0 aromatic carbocycles. The summed E-state index contributed by atoms with van der Waals surface area (Å²) in [6.07, 6.45) is 6.13. The van der Waals surface area contributed by atoms with Gasteiger partial charge in [0.25, 0.3) is 0 Å². The first-order chi connectivity index (χ1) is 8.42. The summed E-state index contributed by atoms with van der Waals surface area (Å²) in [5.74, 6) is 0.773. The van der Waals surface area contributed by atoms with Gasteiger partial charge in [0.15, 0.2) is 0 Å². The number of hydrogen-bond donors (Lipinski definition) is 2. The van der Waals surface area contributed by atoms with Gasteiger partial charge < -0.3 is 5.32 Å². The van der Waals surface area contributed by atoms with Gasteiger partial charge >= 0.3 is 0 Å². The maximum Gasteiger partial charge on any atom is 0.0880 e. The van der Waals surface area contributed by atoms with Crippen LogP contribution in [-0.4, -0.2) is 28.3 Å². The first kappa shape index (κ1) is 10.5. The van der Waals surface area contributed by atoms with Crippen LogP contribution in [0, 0.1) is 5.92 Å². The Labute approximate surface area is 100 Å². The number of pyridine rings is 1. The quantitative estimate of drug-likeness (QED) is 0.839. The number of rotatable bonds is 3. The van der Waals surface area contributed by atoms with Gasteiger partial charge in [0, 0.05) is 12.4 Å². The van der Waals surface area contributed by atoms with E-state index in [-0.39, 0.29) is 0 Å². The van der Waals surface area contributed by atoms with E-state index in [0.29, 0.717) is 0 Å². The molecule has 1 atom stereocenters. The van der Waals surface area contributed by atoms with Crippen molar-refractivity contribution in [1.82, 2.24) is 20.5 Å². The normalized spacial score (nSPS) is 19.6. The van der Waals surface area contributed by atoms with Crippen LogP contribution in [0.15, 0.2) is 30.6 Å². The largest absolute Gasteiger partial charge is 0.316 e. The second-order valence-corrected chi connectivity index (χ2v) is 4.58. The van der Waals surface area contributed by atoms with Crippen molar-refractivity contribution < 1.29 is 0 Å². The zero-order valence-electron chi connectivity index (χ0n) is 9.69. The minimum atomic E-state index is 0.773. The van der Waals surface area contributed by atoms with Crippen molar-refractivity contribution in [3.8, 4) is 11.4 Å². The van der Waals surface area contributed by atoms with E-state index in [9.17, 15) is 0 Å². The second kappa shape index (κ2) is 4.67. The lowest BCUT2D eigenvalue weighted by atomic mass is 10.00. The predicted molar refractivity (Wildman–Crippen MR) is 66.5 cm³/mol. The van der Waals surface area contributed by atoms with Crippen molar-refractivity contribution in [3.05, 3.63) is 36.2 Å². The third kappa shape index (κ3) is 2.36. The van der Waals surface area contributed by atoms with Crippen molar-refractivity contribution in [3.63, 3.8) is 0 Å². The highest BCUT2D eigenvalue weighted by Crippen LogP contribution is 2.17. The smallest absolute Gasteiger partial charge is 0.0880 e. The molecule has 3 rings (SSSR count). The first-order valence-corrected chi connectivity index (χ1v) is 6.07. The third-order valence-corrected chi connectivity index (χ3v) is 3.29. The molecule has 4 nitrogen and oxygen atoms in total. The van der Waals surface area contributed by atoms with Gasteiger partial charge in [-0.2, -0.15) is 5.10 Å². The lowest BCUT2D eigenvalue weighted by Gasteiger charge is -2.07. The van der Waals surface area contributed by atoms with Gasteiger partial charge in [0.2, 0.25) is 0 Å². The Morgan fingerprint density at radius 2 is 2.29 bits per heavy atom. The molecule has 2 N–H and O–H groups in total. The van der Waals surface area contributed by atoms with Gasteiger partial charge in [-0.05, 0) is 49.5 Å². The minimum Gasteiger partial charge on any atom is -0.316 e. The highest BCUT2D eigenvalue weighted by Gasteiger charge is 2.14. The molecule has 17 heavy (non-hydrogen) atoms. The van der Waals surface area contributed by atoms with Crippen LogP contribution >= 0.6 is 0 Å². The summed E-state index contributed by atoms with van der Waals surface area (Å²) in [6.45, 7) is 2.30. The van der Waals surface area contributed by atoms with E-state index >= 15 is 0 Å². The van der Waals surface area contributed by atoms with Crippen LogP contribution in [-0.2, 0) is 6.42 Å². The molecule has 1 aliphatic rings. The second-order valence-electron chi connectivity index (χ2n) is 4.58. The molecule has 2 aromatic rings. The summed E-state index contributed by atoms with van der Waals surface area (Å²) in [5.41, 5.74) is 3.25. The molecule has 4 heteroatoms. The molecule has 3 heterocycles. The van der Waals surface area contributed by atoms with Crippen molar-refractivity contribution in [2.45, 2.75) is 12.8 Å². The summed E-state index contributed by atoms with van der Waals surface area (Å²) in [6, 6.07) is 6.16. The Kier molecular flexibility index (Phi) is 2.88. The van der Waals surface area contributed by atoms with Crippen LogP contribution in [0.1, 0.15) is 12.0 Å². The lowest BCUT2D eigenvalue weighted by Crippen LogP contribution is -2.10. The summed E-state index contributed by atoms with van der Waals surface area (Å²) < 4.78 is 0. The molecule has 1 unspecified atom stereocenters. The Morgan fingerprint density at radius 1 is 1.29 bits per heavy atom. The van der Waals surface area contributed by atoms with Gasteiger partial charge in [-0.1, -0.05) is 6.07 Å². The van der Waals surface area contributed by atoms with E-state index in [1.54, 1.807) is 6.20 Å². The van der Waals surface area contributed by atoms with Gasteiger partial charge in [-0.3, -0.25) is 10.1 Å². The highest BCUT2D eigenvalue weighted by atomic mass is 15.1. The topological polar surface area (TPSA) is 53.6 Å². The third-order valence-electron chi connectivity index (χ3n) is 3.29. The Bertz CT molecular complexity index is 455. The van der Waals surface area contributed by atoms with Crippen LogP contribution < -0.4 is 5.32 Å². The van der Waals surface area contributed by atoms with Crippen LogP contribution in [0.25, 0.3) is 11.4 Å². The average molecular weight is 228 g/mol. The molecule has 0 saturated carbocycles. The van der Waals surface area contributed by atoms with Gasteiger partial charge in [0.1, 0.15) is 0 Å². The number of aromatic nitrogens is 3. The number of hydrogen-bond acceptors (Lipinski definition) is 3. The Hall–Kier alpha value is -1.68. The molecule has 1 aliphatic heterocycles. The first-order valence-electron chi connectivity index (χ1n) is 6.07. The summed E-state index contributed by atoms with van der Waals surface area (Å²) >= 11 is 0. The molecule has 0 aliphatic carbocycles. The van der Waals surface area contributed by atoms with E-state index in [0.717, 1.165) is 36.8 Å². The van der Waals surface area contributed by atoms with E-state index in [4.69, 9.17) is 0 Å². The Balaban J connectivity index is 1.71. The van der Waals surface area contributed by atoms with E-state index in [1.165, 1.54) is 12.0 Å². The van der Waals surface area contributed by atoms with Crippen molar-refractivity contribution >= 4 is 0 Å². The molecular formula is C13H16N4. The molecule has 2 aromatic heterocycles. The van der Waals surface area contributed by atoms with Crippen LogP contribution in [0.5, 0.6) is 0 Å². The standard InChI is InChI=1S/C13H16N4/c1-2-12(13-4-6-16-17-13)15-9-10(1)7-11-3-5-14-8-11/h1-2,4,6,9,11,14H,3,5,7-8H2,(H,16,17). The molecule has 0 amide bonds. The average Bonchev–Trinajstić information content (AvgIpc) is 3.01. The van der Waals surface area contributed by atoms with Gasteiger partial charge in [-0.15, -0.1) is 0 Å². The minimum absolute atomic E-state index is 0.773. The molecule has 0 radical (unpaired) electrons. The van der Waals surface area contributed by atoms with Gasteiger partial charge in [0.05, 0.1) is 11.4 Å². The van der Waals surface area contributed by atoms with Crippen molar-refractivity contribution in [2.75, 3.05) is 13.1 Å². The fourth-order valence-corrected chi connectivity index (χ4v) is 2.33.